The third-order valence-corrected chi connectivity index (χ3v) is 4.57. The van der Waals surface area contributed by atoms with Crippen LogP contribution in [0, 0.1) is 0 Å². The molecule has 2 atom stereocenters. The summed E-state index contributed by atoms with van der Waals surface area (Å²) in [6.45, 7) is 8.73. The van der Waals surface area contributed by atoms with Gasteiger partial charge in [-0.1, -0.05) is 6.92 Å². The molecule has 1 aliphatic heterocycles. The van der Waals surface area contributed by atoms with Crippen LogP contribution in [0.1, 0.15) is 46.5 Å². The van der Waals surface area contributed by atoms with Crippen LogP contribution in [0.25, 0.3) is 0 Å². The van der Waals surface area contributed by atoms with Crippen molar-refractivity contribution >= 4 is 5.97 Å². The maximum Gasteiger partial charge on any atom is 0.325 e. The molecule has 0 radical (unpaired) electrons. The summed E-state index contributed by atoms with van der Waals surface area (Å²) in [5, 5.41) is 3.36. The summed E-state index contributed by atoms with van der Waals surface area (Å²) in [5.74, 6) is -0.178. The number of nitrogens with one attached hydrogen (secondary N) is 1. The van der Waals surface area contributed by atoms with Gasteiger partial charge in [-0.15, -0.1) is 0 Å². The van der Waals surface area contributed by atoms with Crippen LogP contribution >= 0.6 is 0 Å². The molecule has 5 heteroatoms. The van der Waals surface area contributed by atoms with Gasteiger partial charge in [-0.05, 0) is 53.1 Å². The fraction of sp³-hybridized carbons (Fsp3) is 0.938. The second-order valence-electron chi connectivity index (χ2n) is 6.31. The van der Waals surface area contributed by atoms with Crippen LogP contribution in [-0.2, 0) is 14.3 Å². The molecule has 0 saturated carbocycles. The van der Waals surface area contributed by atoms with Gasteiger partial charge in [-0.2, -0.15) is 0 Å². The number of esters is 1. The van der Waals surface area contributed by atoms with Crippen LogP contribution in [0.15, 0.2) is 0 Å². The lowest BCUT2D eigenvalue weighted by atomic mass is 9.91. The fourth-order valence-electron chi connectivity index (χ4n) is 3.04. The summed E-state index contributed by atoms with van der Waals surface area (Å²) in [6.07, 6.45) is 3.88. The summed E-state index contributed by atoms with van der Waals surface area (Å²) >= 11 is 0. The van der Waals surface area contributed by atoms with E-state index in [0.29, 0.717) is 12.1 Å². The highest BCUT2D eigenvalue weighted by Gasteiger charge is 2.37. The van der Waals surface area contributed by atoms with Gasteiger partial charge >= 0.3 is 5.97 Å². The Kier molecular flexibility index (Phi) is 7.63. The number of methoxy groups -OCH3 is 1. The van der Waals surface area contributed by atoms with Crippen molar-refractivity contribution in [1.82, 2.24) is 10.2 Å². The van der Waals surface area contributed by atoms with Crippen molar-refractivity contribution < 1.29 is 14.3 Å². The summed E-state index contributed by atoms with van der Waals surface area (Å²) < 4.78 is 10.4. The first-order valence-electron chi connectivity index (χ1n) is 8.07. The lowest BCUT2D eigenvalue weighted by molar-refractivity contribution is -0.149. The molecule has 1 N–H and O–H groups in total. The standard InChI is InChI=1S/C16H32N2O3/c1-6-9-17-16(3,15(19)20-5)12-13(2)18(4)14-7-10-21-11-8-14/h13-14,17H,6-12H2,1-5H3. The molecule has 1 rings (SSSR count). The van der Waals surface area contributed by atoms with Crippen molar-refractivity contribution in [3.63, 3.8) is 0 Å². The average Bonchev–Trinajstić information content (AvgIpc) is 2.52. The first-order valence-corrected chi connectivity index (χ1v) is 8.07. The Bertz CT molecular complexity index is 319. The van der Waals surface area contributed by atoms with E-state index in [-0.39, 0.29) is 5.97 Å². The lowest BCUT2D eigenvalue weighted by Crippen LogP contribution is -2.55. The maximum absolute atomic E-state index is 12.2. The van der Waals surface area contributed by atoms with Crippen molar-refractivity contribution in [2.45, 2.75) is 64.1 Å². The van der Waals surface area contributed by atoms with Gasteiger partial charge in [0.1, 0.15) is 5.54 Å². The number of hydrogen-bond donors (Lipinski definition) is 1. The molecule has 0 aliphatic carbocycles. The number of hydrogen-bond acceptors (Lipinski definition) is 5. The minimum Gasteiger partial charge on any atom is -0.468 e. The number of carbonyl (C=O) groups is 1. The van der Waals surface area contributed by atoms with Gasteiger partial charge in [0.25, 0.3) is 0 Å². The lowest BCUT2D eigenvalue weighted by Gasteiger charge is -2.39. The molecular formula is C16H32N2O3. The third-order valence-electron chi connectivity index (χ3n) is 4.57. The fourth-order valence-corrected chi connectivity index (χ4v) is 3.04. The molecule has 0 amide bonds. The normalized spacial score (nSPS) is 21.0. The molecule has 0 aromatic heterocycles. The van der Waals surface area contributed by atoms with Crippen LogP contribution in [0.4, 0.5) is 0 Å². The molecule has 5 nitrogen and oxygen atoms in total. The van der Waals surface area contributed by atoms with E-state index in [1.54, 1.807) is 0 Å². The van der Waals surface area contributed by atoms with Gasteiger partial charge in [-0.3, -0.25) is 4.79 Å². The molecule has 1 fully saturated rings. The van der Waals surface area contributed by atoms with Gasteiger partial charge in [0.2, 0.25) is 0 Å². The zero-order chi connectivity index (χ0) is 15.9. The Hall–Kier alpha value is -0.650. The molecule has 124 valence electrons. The van der Waals surface area contributed by atoms with Crippen LogP contribution in [0.2, 0.25) is 0 Å². The first-order chi connectivity index (χ1) is 9.94. The van der Waals surface area contributed by atoms with Gasteiger partial charge in [0.05, 0.1) is 7.11 Å². The monoisotopic (exact) mass is 300 g/mol. The summed E-state index contributed by atoms with van der Waals surface area (Å²) in [5.41, 5.74) is -0.621. The highest BCUT2D eigenvalue weighted by Crippen LogP contribution is 2.22. The van der Waals surface area contributed by atoms with E-state index < -0.39 is 5.54 Å². The van der Waals surface area contributed by atoms with Crippen molar-refractivity contribution in [2.24, 2.45) is 0 Å². The number of ether oxygens (including phenoxy) is 2. The third kappa shape index (κ3) is 5.24. The molecule has 0 bridgehead atoms. The van der Waals surface area contributed by atoms with E-state index in [1.165, 1.54) is 7.11 Å². The molecule has 2 unspecified atom stereocenters. The quantitative estimate of drug-likeness (QED) is 0.693. The van der Waals surface area contributed by atoms with Crippen molar-refractivity contribution in [2.75, 3.05) is 33.9 Å². The van der Waals surface area contributed by atoms with E-state index in [4.69, 9.17) is 9.47 Å². The topological polar surface area (TPSA) is 50.8 Å². The van der Waals surface area contributed by atoms with Gasteiger partial charge in [0, 0.05) is 25.3 Å². The Morgan fingerprint density at radius 3 is 2.62 bits per heavy atom. The van der Waals surface area contributed by atoms with Crippen LogP contribution in [0.3, 0.4) is 0 Å². The smallest absolute Gasteiger partial charge is 0.325 e. The Labute approximate surface area is 129 Å². The Balaban J connectivity index is 2.65. The first kappa shape index (κ1) is 18.4. The minimum absolute atomic E-state index is 0.178. The Morgan fingerprint density at radius 2 is 2.10 bits per heavy atom. The van der Waals surface area contributed by atoms with Crippen LogP contribution < -0.4 is 5.32 Å². The molecule has 0 aromatic carbocycles. The van der Waals surface area contributed by atoms with E-state index in [2.05, 4.69) is 31.1 Å². The second-order valence-corrected chi connectivity index (χ2v) is 6.31. The molecule has 0 spiro atoms. The summed E-state index contributed by atoms with van der Waals surface area (Å²) in [4.78, 5) is 14.5. The van der Waals surface area contributed by atoms with E-state index in [9.17, 15) is 4.79 Å². The van der Waals surface area contributed by atoms with Crippen LogP contribution in [0.5, 0.6) is 0 Å². The molecule has 1 aliphatic rings. The molecule has 1 heterocycles. The van der Waals surface area contributed by atoms with Gasteiger partial charge in [0.15, 0.2) is 0 Å². The van der Waals surface area contributed by atoms with Crippen LogP contribution in [-0.4, -0.2) is 62.4 Å². The highest BCUT2D eigenvalue weighted by molar-refractivity contribution is 5.80. The Morgan fingerprint density at radius 1 is 1.48 bits per heavy atom. The summed E-state index contributed by atoms with van der Waals surface area (Å²) in [6, 6.07) is 0.850. The molecule has 1 saturated heterocycles. The second kappa shape index (κ2) is 8.71. The number of rotatable bonds is 8. The van der Waals surface area contributed by atoms with E-state index in [0.717, 1.165) is 45.4 Å². The minimum atomic E-state index is -0.621. The molecular weight excluding hydrogens is 268 g/mol. The molecule has 0 aromatic rings. The van der Waals surface area contributed by atoms with Crippen molar-refractivity contribution in [3.8, 4) is 0 Å². The molecule has 21 heavy (non-hydrogen) atoms. The zero-order valence-electron chi connectivity index (χ0n) is 14.3. The van der Waals surface area contributed by atoms with Crippen molar-refractivity contribution in [1.29, 1.82) is 0 Å². The van der Waals surface area contributed by atoms with Crippen molar-refractivity contribution in [3.05, 3.63) is 0 Å². The predicted octanol–water partition coefficient (Wildman–Crippen LogP) is 1.81. The highest BCUT2D eigenvalue weighted by atomic mass is 16.5. The van der Waals surface area contributed by atoms with Gasteiger partial charge < -0.3 is 19.7 Å². The predicted molar refractivity (Wildman–Crippen MR) is 84.4 cm³/mol. The number of nitrogens with zero attached hydrogens (tertiary/aromatic N) is 1. The maximum atomic E-state index is 12.2. The van der Waals surface area contributed by atoms with Gasteiger partial charge in [-0.25, -0.2) is 0 Å². The number of carbonyl (C=O) groups excluding carboxylic acids is 1. The average molecular weight is 300 g/mol. The van der Waals surface area contributed by atoms with E-state index in [1.807, 2.05) is 6.92 Å². The van der Waals surface area contributed by atoms with E-state index >= 15 is 0 Å². The summed E-state index contributed by atoms with van der Waals surface area (Å²) in [7, 11) is 3.61. The zero-order valence-corrected chi connectivity index (χ0v) is 14.3. The largest absolute Gasteiger partial charge is 0.468 e. The SMILES string of the molecule is CCCNC(C)(CC(C)N(C)C1CCOCC1)C(=O)OC.